The molecule has 5 heteroatoms. The zero-order chi connectivity index (χ0) is 14.3. The third-order valence-electron chi connectivity index (χ3n) is 5.39. The normalized spacial score (nSPS) is 38.1. The summed E-state index contributed by atoms with van der Waals surface area (Å²) in [4.78, 5) is 14.7. The van der Waals surface area contributed by atoms with Crippen LogP contribution < -0.4 is 5.73 Å². The van der Waals surface area contributed by atoms with Crippen LogP contribution in [-0.2, 0) is 9.53 Å². The highest BCUT2D eigenvalue weighted by Gasteiger charge is 2.50. The molecule has 0 aromatic heterocycles. The van der Waals surface area contributed by atoms with Gasteiger partial charge < -0.3 is 15.4 Å². The van der Waals surface area contributed by atoms with E-state index in [1.54, 1.807) is 0 Å². The van der Waals surface area contributed by atoms with Crippen LogP contribution in [0.4, 0.5) is 0 Å². The van der Waals surface area contributed by atoms with Gasteiger partial charge in [0.1, 0.15) is 0 Å². The summed E-state index contributed by atoms with van der Waals surface area (Å²) < 4.78 is 5.87. The van der Waals surface area contributed by atoms with Crippen LogP contribution in [0.3, 0.4) is 0 Å². The second-order valence-corrected chi connectivity index (χ2v) is 7.36. The minimum atomic E-state index is 0. The van der Waals surface area contributed by atoms with Gasteiger partial charge in [-0.2, -0.15) is 0 Å². The number of carbonyl (C=O) groups excluding carboxylic acids is 1. The highest BCUT2D eigenvalue weighted by Crippen LogP contribution is 2.48. The maximum atomic E-state index is 12.7. The van der Waals surface area contributed by atoms with E-state index < -0.39 is 0 Å². The Bertz CT molecular complexity index is 375. The Morgan fingerprint density at radius 1 is 1.29 bits per heavy atom. The van der Waals surface area contributed by atoms with E-state index in [-0.39, 0.29) is 30.5 Å². The standard InChI is InChI=1S/C16H28N2O2.ClH/c1-10(2)9-20-13-5-6-18(8-13)16(19)14-11-3-4-12(7-11)15(14)17;/h10-15H,3-9,17H2,1-2H3;1H. The molecule has 2 saturated carbocycles. The van der Waals surface area contributed by atoms with Crippen molar-refractivity contribution in [3.63, 3.8) is 0 Å². The molecular formula is C16H29ClN2O2. The van der Waals surface area contributed by atoms with Gasteiger partial charge in [-0.3, -0.25) is 4.79 Å². The Kier molecular flexibility index (Phi) is 5.55. The monoisotopic (exact) mass is 316 g/mol. The molecule has 1 heterocycles. The van der Waals surface area contributed by atoms with Crippen molar-refractivity contribution in [2.45, 2.75) is 51.7 Å². The number of halogens is 1. The van der Waals surface area contributed by atoms with Crippen molar-refractivity contribution in [1.82, 2.24) is 4.90 Å². The summed E-state index contributed by atoms with van der Waals surface area (Å²) >= 11 is 0. The van der Waals surface area contributed by atoms with Gasteiger partial charge in [-0.25, -0.2) is 0 Å². The Labute approximate surface area is 134 Å². The van der Waals surface area contributed by atoms with Crippen LogP contribution in [-0.4, -0.2) is 42.6 Å². The van der Waals surface area contributed by atoms with E-state index in [0.717, 1.165) is 26.1 Å². The van der Waals surface area contributed by atoms with Crippen molar-refractivity contribution in [1.29, 1.82) is 0 Å². The Morgan fingerprint density at radius 3 is 2.62 bits per heavy atom. The number of rotatable bonds is 4. The third kappa shape index (κ3) is 3.38. The van der Waals surface area contributed by atoms with E-state index in [1.807, 2.05) is 4.90 Å². The summed E-state index contributed by atoms with van der Waals surface area (Å²) in [5, 5.41) is 0. The average Bonchev–Trinajstić information content (AvgIpc) is 3.11. The average molecular weight is 317 g/mol. The first kappa shape index (κ1) is 17.0. The fourth-order valence-electron chi connectivity index (χ4n) is 4.31. The van der Waals surface area contributed by atoms with Crippen LogP contribution in [0.1, 0.15) is 39.5 Å². The fourth-order valence-corrected chi connectivity index (χ4v) is 4.31. The number of likely N-dealkylation sites (tertiary alicyclic amines) is 1. The van der Waals surface area contributed by atoms with E-state index in [2.05, 4.69) is 13.8 Å². The van der Waals surface area contributed by atoms with Gasteiger partial charge in [0.15, 0.2) is 0 Å². The van der Waals surface area contributed by atoms with Gasteiger partial charge in [0.2, 0.25) is 5.91 Å². The van der Waals surface area contributed by atoms with Gasteiger partial charge in [-0.05, 0) is 43.4 Å². The van der Waals surface area contributed by atoms with E-state index in [9.17, 15) is 4.79 Å². The van der Waals surface area contributed by atoms with Gasteiger partial charge in [-0.1, -0.05) is 13.8 Å². The molecule has 3 aliphatic rings. The van der Waals surface area contributed by atoms with Crippen molar-refractivity contribution >= 4 is 18.3 Å². The van der Waals surface area contributed by atoms with Gasteiger partial charge in [-0.15, -0.1) is 12.4 Å². The summed E-state index contributed by atoms with van der Waals surface area (Å²) in [6.45, 7) is 6.73. The molecule has 1 saturated heterocycles. The number of carbonyl (C=O) groups is 1. The van der Waals surface area contributed by atoms with Crippen LogP contribution >= 0.6 is 12.4 Å². The summed E-state index contributed by atoms with van der Waals surface area (Å²) in [5.41, 5.74) is 6.29. The van der Waals surface area contributed by atoms with E-state index in [4.69, 9.17) is 10.5 Å². The zero-order valence-corrected chi connectivity index (χ0v) is 14.0. The van der Waals surface area contributed by atoms with Crippen LogP contribution in [0.15, 0.2) is 0 Å². The van der Waals surface area contributed by atoms with Crippen LogP contribution in [0.2, 0.25) is 0 Å². The summed E-state index contributed by atoms with van der Waals surface area (Å²) in [5.74, 6) is 2.11. The Hall–Kier alpha value is -0.320. The molecule has 2 bridgehead atoms. The lowest BCUT2D eigenvalue weighted by Gasteiger charge is -2.30. The number of ether oxygens (including phenoxy) is 1. The largest absolute Gasteiger partial charge is 0.376 e. The van der Waals surface area contributed by atoms with Crippen LogP contribution in [0.5, 0.6) is 0 Å². The van der Waals surface area contributed by atoms with E-state index >= 15 is 0 Å². The highest BCUT2D eigenvalue weighted by molar-refractivity contribution is 5.85. The topological polar surface area (TPSA) is 55.6 Å². The molecule has 4 nitrogen and oxygen atoms in total. The molecule has 0 aromatic carbocycles. The number of hydrogen-bond donors (Lipinski definition) is 1. The lowest BCUT2D eigenvalue weighted by atomic mass is 9.84. The van der Waals surface area contributed by atoms with Crippen LogP contribution in [0, 0.1) is 23.7 Å². The lowest BCUT2D eigenvalue weighted by Crippen LogP contribution is -2.46. The van der Waals surface area contributed by atoms with E-state index in [0.29, 0.717) is 23.7 Å². The minimum absolute atomic E-state index is 0. The number of nitrogens with zero attached hydrogens (tertiary/aromatic N) is 1. The smallest absolute Gasteiger partial charge is 0.227 e. The maximum Gasteiger partial charge on any atom is 0.227 e. The maximum absolute atomic E-state index is 12.7. The molecule has 2 aliphatic carbocycles. The first-order valence-electron chi connectivity index (χ1n) is 8.22. The van der Waals surface area contributed by atoms with Crippen LogP contribution in [0.25, 0.3) is 0 Å². The molecular weight excluding hydrogens is 288 g/mol. The fraction of sp³-hybridized carbons (Fsp3) is 0.938. The predicted molar refractivity (Wildman–Crippen MR) is 85.3 cm³/mol. The van der Waals surface area contributed by atoms with E-state index in [1.165, 1.54) is 19.3 Å². The molecule has 5 atom stereocenters. The van der Waals surface area contributed by atoms with Gasteiger partial charge in [0.25, 0.3) is 0 Å². The number of amides is 1. The SMILES string of the molecule is CC(C)COC1CCN(C(=O)C2C3CCC(C3)C2N)C1.Cl. The molecule has 3 rings (SSSR count). The highest BCUT2D eigenvalue weighted by atomic mass is 35.5. The molecule has 21 heavy (non-hydrogen) atoms. The van der Waals surface area contributed by atoms with Gasteiger partial charge >= 0.3 is 0 Å². The first-order valence-corrected chi connectivity index (χ1v) is 8.22. The molecule has 1 aliphatic heterocycles. The summed E-state index contributed by atoms with van der Waals surface area (Å²) in [6, 6.07) is 0.108. The molecule has 0 aromatic rings. The summed E-state index contributed by atoms with van der Waals surface area (Å²) in [6.07, 6.45) is 4.83. The first-order chi connectivity index (χ1) is 9.56. The predicted octanol–water partition coefficient (Wildman–Crippen LogP) is 2.06. The Morgan fingerprint density at radius 2 is 2.00 bits per heavy atom. The quantitative estimate of drug-likeness (QED) is 0.863. The number of hydrogen-bond acceptors (Lipinski definition) is 3. The molecule has 0 radical (unpaired) electrons. The number of fused-ring (bicyclic) bond motifs is 2. The number of nitrogens with two attached hydrogens (primary N) is 1. The molecule has 1 amide bonds. The second-order valence-electron chi connectivity index (χ2n) is 7.36. The second kappa shape index (κ2) is 6.84. The molecule has 2 N–H and O–H groups in total. The van der Waals surface area contributed by atoms with Crippen molar-refractivity contribution in [3.05, 3.63) is 0 Å². The van der Waals surface area contributed by atoms with Crippen molar-refractivity contribution in [3.8, 4) is 0 Å². The molecule has 122 valence electrons. The Balaban J connectivity index is 0.00000161. The molecule has 0 spiro atoms. The summed E-state index contributed by atoms with van der Waals surface area (Å²) in [7, 11) is 0. The van der Waals surface area contributed by atoms with Crippen molar-refractivity contribution < 1.29 is 9.53 Å². The van der Waals surface area contributed by atoms with Crippen molar-refractivity contribution in [2.24, 2.45) is 29.4 Å². The molecule has 3 fully saturated rings. The van der Waals surface area contributed by atoms with Gasteiger partial charge in [0.05, 0.1) is 12.0 Å². The minimum Gasteiger partial charge on any atom is -0.376 e. The molecule has 5 unspecified atom stereocenters. The third-order valence-corrected chi connectivity index (χ3v) is 5.39. The lowest BCUT2D eigenvalue weighted by molar-refractivity contribution is -0.137. The zero-order valence-electron chi connectivity index (χ0n) is 13.2. The van der Waals surface area contributed by atoms with Crippen molar-refractivity contribution in [2.75, 3.05) is 19.7 Å². The van der Waals surface area contributed by atoms with Gasteiger partial charge in [0, 0.05) is 25.7 Å².